The smallest absolute Gasteiger partial charge is 0.293 e. The second-order valence-electron chi connectivity index (χ2n) is 5.88. The Hall–Kier alpha value is -2.47. The first-order valence-electron chi connectivity index (χ1n) is 9.04. The molecular weight excluding hydrogens is 312 g/mol. The lowest BCUT2D eigenvalue weighted by molar-refractivity contribution is 0.284. The molecule has 1 aromatic heterocycles. The molecule has 0 N–H and O–H groups in total. The number of hydrogen-bond acceptors (Lipinski definition) is 3. The molecule has 1 aromatic rings. The minimum atomic E-state index is -0.0802. The Morgan fingerprint density at radius 2 is 1.88 bits per heavy atom. The Morgan fingerprint density at radius 1 is 1.04 bits per heavy atom. The zero-order valence-corrected chi connectivity index (χ0v) is 14.9. The molecule has 0 fully saturated rings. The van der Waals surface area contributed by atoms with E-state index in [-0.39, 0.29) is 11.4 Å². The largest absolute Gasteiger partial charge is 0.431 e. The Morgan fingerprint density at radius 3 is 2.76 bits per heavy atom. The third-order valence-corrected chi connectivity index (χ3v) is 3.78. The van der Waals surface area contributed by atoms with Gasteiger partial charge in [-0.3, -0.25) is 4.79 Å². The van der Waals surface area contributed by atoms with Crippen LogP contribution in [0, 0.1) is 11.8 Å². The summed E-state index contributed by atoms with van der Waals surface area (Å²) in [6.07, 6.45) is 17.3. The molecule has 0 aliphatic carbocycles. The summed E-state index contributed by atoms with van der Waals surface area (Å²) in [6, 6.07) is 2.95. The Labute approximate surface area is 150 Å². The van der Waals surface area contributed by atoms with E-state index in [0.717, 1.165) is 57.1 Å². The van der Waals surface area contributed by atoms with E-state index in [2.05, 4.69) is 36.1 Å². The third kappa shape index (κ3) is 7.76. The Balaban J connectivity index is 2.14. The summed E-state index contributed by atoms with van der Waals surface area (Å²) < 4.78 is 11.5. The zero-order chi connectivity index (χ0) is 17.7. The molecule has 2 heterocycles. The zero-order valence-electron chi connectivity index (χ0n) is 14.9. The van der Waals surface area contributed by atoms with E-state index >= 15 is 0 Å². The van der Waals surface area contributed by atoms with E-state index in [4.69, 9.17) is 9.15 Å². The van der Waals surface area contributed by atoms with Crippen molar-refractivity contribution in [3.8, 4) is 17.8 Å². The highest BCUT2D eigenvalue weighted by Crippen LogP contribution is 2.17. The topological polar surface area (TPSA) is 39.4 Å². The molecule has 25 heavy (non-hydrogen) atoms. The van der Waals surface area contributed by atoms with E-state index < -0.39 is 0 Å². The van der Waals surface area contributed by atoms with Gasteiger partial charge in [0.05, 0.1) is 6.07 Å². The summed E-state index contributed by atoms with van der Waals surface area (Å²) in [5, 5.41) is 0. The fourth-order valence-electron chi connectivity index (χ4n) is 2.45. The maximum atomic E-state index is 11.9. The minimum absolute atomic E-state index is 0.0802. The van der Waals surface area contributed by atoms with Crippen molar-refractivity contribution in [3.63, 3.8) is 0 Å². The SMILES string of the molecule is CCC1=CCC=CCC=CCC#CCCCCc2cc(=O)cc(o2)O1. The van der Waals surface area contributed by atoms with Crippen LogP contribution >= 0.6 is 0 Å². The fraction of sp³-hybridized carbons (Fsp3) is 0.409. The monoisotopic (exact) mass is 338 g/mol. The predicted octanol–water partition coefficient (Wildman–Crippen LogP) is 5.33. The van der Waals surface area contributed by atoms with E-state index in [1.54, 1.807) is 6.07 Å². The van der Waals surface area contributed by atoms with Gasteiger partial charge in [0.25, 0.3) is 5.95 Å². The van der Waals surface area contributed by atoms with Crippen molar-refractivity contribution in [2.24, 2.45) is 0 Å². The van der Waals surface area contributed by atoms with Crippen LogP contribution in [0.3, 0.4) is 0 Å². The molecule has 1 aliphatic heterocycles. The van der Waals surface area contributed by atoms with Crippen LogP contribution in [0.5, 0.6) is 5.95 Å². The lowest BCUT2D eigenvalue weighted by Crippen LogP contribution is -2.03. The van der Waals surface area contributed by atoms with Crippen LogP contribution < -0.4 is 10.2 Å². The quantitative estimate of drug-likeness (QED) is 0.513. The molecule has 0 radical (unpaired) electrons. The van der Waals surface area contributed by atoms with Gasteiger partial charge < -0.3 is 9.15 Å². The number of hydrogen-bond donors (Lipinski definition) is 0. The third-order valence-electron chi connectivity index (χ3n) is 3.78. The number of rotatable bonds is 1. The highest BCUT2D eigenvalue weighted by Gasteiger charge is 2.06. The molecule has 132 valence electrons. The van der Waals surface area contributed by atoms with Crippen LogP contribution in [0.4, 0.5) is 0 Å². The van der Waals surface area contributed by atoms with Crippen LogP contribution in [0.25, 0.3) is 0 Å². The summed E-state index contributed by atoms with van der Waals surface area (Å²) in [5.41, 5.74) is -0.0802. The van der Waals surface area contributed by atoms with Crippen molar-refractivity contribution in [2.75, 3.05) is 0 Å². The molecule has 0 saturated carbocycles. The van der Waals surface area contributed by atoms with Gasteiger partial charge in [0.1, 0.15) is 11.5 Å². The Kier molecular flexibility index (Phi) is 8.41. The summed E-state index contributed by atoms with van der Waals surface area (Å²) in [6.45, 7) is 2.02. The fourth-order valence-corrected chi connectivity index (χ4v) is 2.45. The van der Waals surface area contributed by atoms with Crippen LogP contribution in [-0.2, 0) is 6.42 Å². The van der Waals surface area contributed by atoms with E-state index in [0.29, 0.717) is 5.76 Å². The second kappa shape index (κ2) is 11.1. The Bertz CT molecular complexity index is 739. The maximum Gasteiger partial charge on any atom is 0.293 e. The van der Waals surface area contributed by atoms with Gasteiger partial charge in [0.15, 0.2) is 5.43 Å². The number of fused-ring (bicyclic) bond motifs is 2. The maximum absolute atomic E-state index is 11.9. The molecule has 3 heteroatoms. The van der Waals surface area contributed by atoms with Gasteiger partial charge in [-0.15, -0.1) is 5.92 Å². The van der Waals surface area contributed by atoms with Crippen molar-refractivity contribution >= 4 is 0 Å². The summed E-state index contributed by atoms with van der Waals surface area (Å²) in [5.74, 6) is 8.11. The van der Waals surface area contributed by atoms with Crippen molar-refractivity contribution < 1.29 is 9.15 Å². The lowest BCUT2D eigenvalue weighted by atomic mass is 10.1. The first kappa shape index (κ1) is 18.9. The van der Waals surface area contributed by atoms with Gasteiger partial charge in [-0.2, -0.15) is 0 Å². The molecule has 0 atom stereocenters. The lowest BCUT2D eigenvalue weighted by Gasteiger charge is -2.08. The minimum Gasteiger partial charge on any atom is -0.431 e. The average molecular weight is 338 g/mol. The van der Waals surface area contributed by atoms with E-state index in [9.17, 15) is 4.79 Å². The molecule has 0 amide bonds. The van der Waals surface area contributed by atoms with Crippen molar-refractivity contribution in [3.05, 3.63) is 64.3 Å². The van der Waals surface area contributed by atoms with Crippen LogP contribution in [0.15, 0.2) is 57.5 Å². The molecule has 0 spiro atoms. The highest BCUT2D eigenvalue weighted by atomic mass is 16.6. The van der Waals surface area contributed by atoms with Gasteiger partial charge in [-0.05, 0) is 31.8 Å². The molecule has 0 saturated heterocycles. The first-order valence-corrected chi connectivity index (χ1v) is 9.04. The second-order valence-corrected chi connectivity index (χ2v) is 5.88. The summed E-state index contributed by atoms with van der Waals surface area (Å²) >= 11 is 0. The van der Waals surface area contributed by atoms with Crippen molar-refractivity contribution in [1.29, 1.82) is 0 Å². The molecule has 3 nitrogen and oxygen atoms in total. The highest BCUT2D eigenvalue weighted by molar-refractivity contribution is 5.14. The predicted molar refractivity (Wildman–Crippen MR) is 101 cm³/mol. The number of ether oxygens (including phenoxy) is 1. The standard InChI is InChI=1S/C22H26O3/c1-2-20-15-13-11-9-7-5-3-4-6-8-10-12-14-16-21-17-19(23)18-22(24-20)25-21/h3,5,9,11,15,17-18H,2,4,7,10,12-14,16H2,1H3. The molecule has 0 aromatic carbocycles. The molecule has 2 rings (SSSR count). The van der Waals surface area contributed by atoms with Crippen molar-refractivity contribution in [1.82, 2.24) is 0 Å². The molecular formula is C22H26O3. The van der Waals surface area contributed by atoms with Crippen LogP contribution in [0.1, 0.15) is 57.6 Å². The van der Waals surface area contributed by atoms with Gasteiger partial charge in [-0.25, -0.2) is 0 Å². The van der Waals surface area contributed by atoms with Gasteiger partial charge >= 0.3 is 0 Å². The van der Waals surface area contributed by atoms with Gasteiger partial charge in [-0.1, -0.05) is 37.1 Å². The van der Waals surface area contributed by atoms with Gasteiger partial charge in [0, 0.05) is 31.7 Å². The van der Waals surface area contributed by atoms with Crippen molar-refractivity contribution in [2.45, 2.75) is 58.3 Å². The summed E-state index contributed by atoms with van der Waals surface area (Å²) in [7, 11) is 0. The van der Waals surface area contributed by atoms with E-state index in [1.807, 2.05) is 13.0 Å². The van der Waals surface area contributed by atoms with Crippen LogP contribution in [0.2, 0.25) is 0 Å². The normalized spacial score (nSPS) is 16.4. The molecule has 2 bridgehead atoms. The number of allylic oxidation sites excluding steroid dienone is 6. The molecule has 0 unspecified atom stereocenters. The summed E-state index contributed by atoms with van der Waals surface area (Å²) in [4.78, 5) is 11.9. The molecule has 1 aliphatic rings. The number of aryl methyl sites for hydroxylation is 1. The van der Waals surface area contributed by atoms with Crippen LogP contribution in [-0.4, -0.2) is 0 Å². The van der Waals surface area contributed by atoms with E-state index in [1.165, 1.54) is 6.07 Å². The van der Waals surface area contributed by atoms with Gasteiger partial charge in [0.2, 0.25) is 0 Å². The first-order chi connectivity index (χ1) is 12.3. The average Bonchev–Trinajstić information content (AvgIpc) is 2.60.